The lowest BCUT2D eigenvalue weighted by molar-refractivity contribution is -0.121. The van der Waals surface area contributed by atoms with Gasteiger partial charge < -0.3 is 5.32 Å². The molecule has 1 N–H and O–H groups in total. The average Bonchev–Trinajstić information content (AvgIpc) is 3.02. The third-order valence-electron chi connectivity index (χ3n) is 5.45. The molecule has 2 aromatic rings. The smallest absolute Gasteiger partial charge is 0.220 e. The first kappa shape index (κ1) is 18.7. The number of carbonyl (C=O) groups excluding carboxylic acids is 1. The van der Waals surface area contributed by atoms with Crippen LogP contribution in [0.2, 0.25) is 0 Å². The Morgan fingerprint density at radius 3 is 2.54 bits per heavy atom. The molecular formula is C24H31NO. The van der Waals surface area contributed by atoms with Crippen LogP contribution in [0.5, 0.6) is 0 Å². The van der Waals surface area contributed by atoms with E-state index >= 15 is 0 Å². The van der Waals surface area contributed by atoms with E-state index in [1.54, 1.807) is 0 Å². The molecule has 0 spiro atoms. The zero-order chi connectivity index (χ0) is 18.4. The standard InChI is InChI=1S/C24H31NO/c1-3-4-5-6-7-8-13-24(26)25-18(2)19-14-15-23-21(16-19)17-20-11-9-10-12-22(20)23/h9-12,14-16,18H,3-8,13,17H2,1-2H3,(H,25,26)/t18-/m0/s1. The van der Waals surface area contributed by atoms with Gasteiger partial charge in [-0.05, 0) is 47.6 Å². The maximum absolute atomic E-state index is 12.2. The maximum Gasteiger partial charge on any atom is 0.220 e. The first-order chi connectivity index (χ1) is 12.7. The van der Waals surface area contributed by atoms with Gasteiger partial charge in [0.25, 0.3) is 0 Å². The molecule has 0 saturated carbocycles. The summed E-state index contributed by atoms with van der Waals surface area (Å²) >= 11 is 0. The molecule has 2 heteroatoms. The van der Waals surface area contributed by atoms with Crippen molar-refractivity contribution in [1.29, 1.82) is 0 Å². The van der Waals surface area contributed by atoms with Crippen molar-refractivity contribution >= 4 is 5.91 Å². The van der Waals surface area contributed by atoms with Crippen molar-refractivity contribution in [2.75, 3.05) is 0 Å². The number of unbranched alkanes of at least 4 members (excludes halogenated alkanes) is 5. The highest BCUT2D eigenvalue weighted by Crippen LogP contribution is 2.37. The summed E-state index contributed by atoms with van der Waals surface area (Å²) in [4.78, 5) is 12.2. The van der Waals surface area contributed by atoms with Crippen LogP contribution in [0, 0.1) is 0 Å². The molecule has 3 rings (SSSR count). The minimum Gasteiger partial charge on any atom is -0.350 e. The number of nitrogens with one attached hydrogen (secondary N) is 1. The van der Waals surface area contributed by atoms with E-state index in [0.29, 0.717) is 6.42 Å². The molecule has 0 aliphatic heterocycles. The Bertz CT molecular complexity index is 750. The van der Waals surface area contributed by atoms with E-state index in [1.807, 2.05) is 0 Å². The maximum atomic E-state index is 12.2. The molecule has 0 radical (unpaired) electrons. The molecular weight excluding hydrogens is 318 g/mol. The van der Waals surface area contributed by atoms with E-state index in [4.69, 9.17) is 0 Å². The van der Waals surface area contributed by atoms with E-state index < -0.39 is 0 Å². The number of carbonyl (C=O) groups is 1. The second-order valence-corrected chi connectivity index (χ2v) is 7.56. The van der Waals surface area contributed by atoms with E-state index in [-0.39, 0.29) is 11.9 Å². The molecule has 1 atom stereocenters. The SMILES string of the molecule is CCCCCCCCC(=O)N[C@@H](C)c1ccc2c(c1)Cc1ccccc1-2. The molecule has 26 heavy (non-hydrogen) atoms. The summed E-state index contributed by atoms with van der Waals surface area (Å²) in [5, 5.41) is 3.17. The Morgan fingerprint density at radius 1 is 0.962 bits per heavy atom. The summed E-state index contributed by atoms with van der Waals surface area (Å²) in [5.41, 5.74) is 6.68. The fourth-order valence-electron chi connectivity index (χ4n) is 3.90. The summed E-state index contributed by atoms with van der Waals surface area (Å²) in [6, 6.07) is 15.3. The van der Waals surface area contributed by atoms with Gasteiger partial charge in [0.1, 0.15) is 0 Å². The number of hydrogen-bond donors (Lipinski definition) is 1. The zero-order valence-corrected chi connectivity index (χ0v) is 16.2. The second kappa shape index (κ2) is 9.02. The van der Waals surface area contributed by atoms with E-state index in [0.717, 1.165) is 12.8 Å². The molecule has 2 nitrogen and oxygen atoms in total. The molecule has 0 heterocycles. The Hall–Kier alpha value is -2.09. The highest BCUT2D eigenvalue weighted by Gasteiger charge is 2.19. The lowest BCUT2D eigenvalue weighted by Gasteiger charge is -2.16. The highest BCUT2D eigenvalue weighted by molar-refractivity contribution is 5.78. The van der Waals surface area contributed by atoms with Crippen LogP contribution in [0.15, 0.2) is 42.5 Å². The van der Waals surface area contributed by atoms with Gasteiger partial charge in [0.15, 0.2) is 0 Å². The lowest BCUT2D eigenvalue weighted by atomic mass is 10.00. The largest absolute Gasteiger partial charge is 0.350 e. The van der Waals surface area contributed by atoms with Crippen molar-refractivity contribution in [2.45, 2.75) is 71.3 Å². The van der Waals surface area contributed by atoms with Crippen molar-refractivity contribution in [2.24, 2.45) is 0 Å². The molecule has 1 aliphatic rings. The molecule has 0 unspecified atom stereocenters. The van der Waals surface area contributed by atoms with Gasteiger partial charge in [0.05, 0.1) is 6.04 Å². The summed E-state index contributed by atoms with van der Waals surface area (Å²) in [6.45, 7) is 4.31. The van der Waals surface area contributed by atoms with Crippen LogP contribution in [0.25, 0.3) is 11.1 Å². The number of amides is 1. The van der Waals surface area contributed by atoms with Gasteiger partial charge in [-0.2, -0.15) is 0 Å². The molecule has 138 valence electrons. The minimum atomic E-state index is 0.0663. The summed E-state index contributed by atoms with van der Waals surface area (Å²) in [5.74, 6) is 0.178. The van der Waals surface area contributed by atoms with Gasteiger partial charge in [-0.25, -0.2) is 0 Å². The molecule has 2 aromatic carbocycles. The van der Waals surface area contributed by atoms with Gasteiger partial charge in [-0.1, -0.05) is 81.5 Å². The van der Waals surface area contributed by atoms with Crippen LogP contribution in [0.1, 0.15) is 81.5 Å². The van der Waals surface area contributed by atoms with E-state index in [2.05, 4.69) is 61.6 Å². The Kier molecular flexibility index (Phi) is 6.49. The van der Waals surface area contributed by atoms with Crippen LogP contribution in [-0.4, -0.2) is 5.91 Å². The Morgan fingerprint density at radius 2 is 1.69 bits per heavy atom. The zero-order valence-electron chi connectivity index (χ0n) is 16.2. The molecule has 1 aliphatic carbocycles. The van der Waals surface area contributed by atoms with Crippen molar-refractivity contribution in [3.05, 3.63) is 59.2 Å². The predicted octanol–water partition coefficient (Wildman–Crippen LogP) is 6.19. The van der Waals surface area contributed by atoms with Gasteiger partial charge in [0, 0.05) is 6.42 Å². The van der Waals surface area contributed by atoms with Crippen molar-refractivity contribution in [3.8, 4) is 11.1 Å². The quantitative estimate of drug-likeness (QED) is 0.459. The number of hydrogen-bond acceptors (Lipinski definition) is 1. The summed E-state index contributed by atoms with van der Waals surface area (Å²) in [6.07, 6.45) is 8.94. The van der Waals surface area contributed by atoms with Crippen LogP contribution in [-0.2, 0) is 11.2 Å². The molecule has 0 aromatic heterocycles. The average molecular weight is 350 g/mol. The van der Waals surface area contributed by atoms with Crippen molar-refractivity contribution < 1.29 is 4.79 Å². The van der Waals surface area contributed by atoms with Gasteiger partial charge >= 0.3 is 0 Å². The third-order valence-corrected chi connectivity index (χ3v) is 5.45. The van der Waals surface area contributed by atoms with Crippen LogP contribution in [0.4, 0.5) is 0 Å². The van der Waals surface area contributed by atoms with Crippen molar-refractivity contribution in [1.82, 2.24) is 5.32 Å². The highest BCUT2D eigenvalue weighted by atomic mass is 16.1. The molecule has 0 saturated heterocycles. The topological polar surface area (TPSA) is 29.1 Å². The summed E-state index contributed by atoms with van der Waals surface area (Å²) < 4.78 is 0. The number of benzene rings is 2. The lowest BCUT2D eigenvalue weighted by Crippen LogP contribution is -2.26. The number of fused-ring (bicyclic) bond motifs is 3. The van der Waals surface area contributed by atoms with Crippen molar-refractivity contribution in [3.63, 3.8) is 0 Å². The Labute approximate surface area is 158 Å². The van der Waals surface area contributed by atoms with Gasteiger partial charge in [0.2, 0.25) is 5.91 Å². The van der Waals surface area contributed by atoms with Gasteiger partial charge in [-0.3, -0.25) is 4.79 Å². The second-order valence-electron chi connectivity index (χ2n) is 7.56. The first-order valence-electron chi connectivity index (χ1n) is 10.2. The van der Waals surface area contributed by atoms with Gasteiger partial charge in [-0.15, -0.1) is 0 Å². The van der Waals surface area contributed by atoms with Crippen LogP contribution >= 0.6 is 0 Å². The predicted molar refractivity (Wildman–Crippen MR) is 109 cm³/mol. The number of rotatable bonds is 9. The normalized spacial score (nSPS) is 13.2. The molecule has 0 bridgehead atoms. The summed E-state index contributed by atoms with van der Waals surface area (Å²) in [7, 11) is 0. The molecule has 0 fully saturated rings. The fourth-order valence-corrected chi connectivity index (χ4v) is 3.90. The monoisotopic (exact) mass is 349 g/mol. The third kappa shape index (κ3) is 4.55. The van der Waals surface area contributed by atoms with E-state index in [9.17, 15) is 4.79 Å². The Balaban J connectivity index is 1.51. The molecule has 1 amide bonds. The minimum absolute atomic E-state index is 0.0663. The van der Waals surface area contributed by atoms with Crippen LogP contribution in [0.3, 0.4) is 0 Å². The fraction of sp³-hybridized carbons (Fsp3) is 0.458. The van der Waals surface area contributed by atoms with Crippen LogP contribution < -0.4 is 5.32 Å². The van der Waals surface area contributed by atoms with E-state index in [1.165, 1.54) is 59.9 Å². The first-order valence-corrected chi connectivity index (χ1v) is 10.2.